The van der Waals surface area contributed by atoms with E-state index in [0.29, 0.717) is 12.1 Å². The largest absolute Gasteiger partial charge is 0.377 e. The Hall–Kier alpha value is -3.03. The van der Waals surface area contributed by atoms with Crippen LogP contribution in [0.5, 0.6) is 0 Å². The van der Waals surface area contributed by atoms with Crippen molar-refractivity contribution in [1.29, 1.82) is 0 Å². The van der Waals surface area contributed by atoms with Crippen LogP contribution in [0.25, 0.3) is 11.3 Å². The number of aliphatic imine (C=N–C) groups is 1. The van der Waals surface area contributed by atoms with E-state index in [4.69, 9.17) is 14.8 Å². The van der Waals surface area contributed by atoms with Crippen LogP contribution in [-0.2, 0) is 4.79 Å². The third kappa shape index (κ3) is 6.65. The van der Waals surface area contributed by atoms with Crippen molar-refractivity contribution < 1.29 is 4.79 Å². The van der Waals surface area contributed by atoms with Crippen LogP contribution in [0.4, 0.5) is 17.2 Å². The monoisotopic (exact) mass is 507 g/mol. The molecule has 4 heterocycles. The number of quaternary nitrogens is 1. The van der Waals surface area contributed by atoms with Gasteiger partial charge in [-0.2, -0.15) is 4.99 Å². The average Bonchev–Trinajstić information content (AvgIpc) is 3.48. The maximum absolute atomic E-state index is 8.81. The molecule has 1 aromatic carbocycles. The Bertz CT molecular complexity index is 1080. The second-order valence-corrected chi connectivity index (χ2v) is 9.20. The minimum atomic E-state index is 0.310. The number of carbonyl (C=O) groups is 1. The van der Waals surface area contributed by atoms with Crippen molar-refractivity contribution in [2.24, 2.45) is 4.99 Å². The van der Waals surface area contributed by atoms with Crippen LogP contribution in [-0.4, -0.2) is 67.8 Å². The molecule has 1 fully saturated rings. The summed E-state index contributed by atoms with van der Waals surface area (Å²) in [7, 11) is 4.45. The first-order valence-electron chi connectivity index (χ1n) is 13.7. The molecule has 37 heavy (non-hydrogen) atoms. The number of amidine groups is 1. The van der Waals surface area contributed by atoms with Crippen molar-refractivity contribution >= 4 is 29.3 Å². The van der Waals surface area contributed by atoms with Gasteiger partial charge in [0, 0.05) is 51.3 Å². The van der Waals surface area contributed by atoms with Gasteiger partial charge in [-0.25, -0.2) is 9.47 Å². The molecular weight excluding hydrogens is 460 g/mol. The summed E-state index contributed by atoms with van der Waals surface area (Å²) >= 11 is 0. The Labute approximate surface area is 224 Å². The number of anilines is 1. The number of para-hydroxylation sites is 1. The first kappa shape index (κ1) is 30.2. The highest BCUT2D eigenvalue weighted by Gasteiger charge is 2.40. The van der Waals surface area contributed by atoms with Crippen LogP contribution in [0.2, 0.25) is 0 Å². The van der Waals surface area contributed by atoms with E-state index < -0.39 is 0 Å². The van der Waals surface area contributed by atoms with Crippen LogP contribution < -0.4 is 15.1 Å². The fourth-order valence-corrected chi connectivity index (χ4v) is 5.07. The third-order valence-electron chi connectivity index (χ3n) is 7.00. The van der Waals surface area contributed by atoms with E-state index >= 15 is 0 Å². The minimum absolute atomic E-state index is 0.310. The molecule has 2 aromatic rings. The highest BCUT2D eigenvalue weighted by Crippen LogP contribution is 2.46. The van der Waals surface area contributed by atoms with Crippen LogP contribution in [0.3, 0.4) is 0 Å². The molecule has 1 saturated heterocycles. The molecule has 0 saturated carbocycles. The average molecular weight is 508 g/mol. The number of nitrogens with zero attached hydrogens (tertiary/aromatic N) is 4. The topological polar surface area (TPSA) is 69.6 Å². The maximum atomic E-state index is 8.81. The summed E-state index contributed by atoms with van der Waals surface area (Å²) in [4.78, 5) is 21.1. The molecule has 3 aliphatic rings. The second kappa shape index (κ2) is 14.1. The van der Waals surface area contributed by atoms with Gasteiger partial charge in [0.2, 0.25) is 5.84 Å². The van der Waals surface area contributed by atoms with Gasteiger partial charge >= 0.3 is 0 Å². The molecule has 3 unspecified atom stereocenters. The summed E-state index contributed by atoms with van der Waals surface area (Å²) in [5.74, 6) is 2.06. The second-order valence-electron chi connectivity index (χ2n) is 9.20. The van der Waals surface area contributed by atoms with Gasteiger partial charge in [-0.1, -0.05) is 46.4 Å². The smallest absolute Gasteiger partial charge is 0.205 e. The van der Waals surface area contributed by atoms with Gasteiger partial charge in [-0.05, 0) is 37.6 Å². The van der Waals surface area contributed by atoms with Crippen LogP contribution in [0.15, 0.2) is 53.7 Å². The Morgan fingerprint density at radius 2 is 1.81 bits per heavy atom. The lowest BCUT2D eigenvalue weighted by molar-refractivity contribution is -0.106. The van der Waals surface area contributed by atoms with Crippen molar-refractivity contribution in [3.05, 3.63) is 48.7 Å². The van der Waals surface area contributed by atoms with E-state index in [1.165, 1.54) is 23.9 Å². The molecule has 7 heteroatoms. The lowest BCUT2D eigenvalue weighted by Gasteiger charge is -2.32. The Morgan fingerprint density at radius 1 is 1.14 bits per heavy atom. The van der Waals surface area contributed by atoms with E-state index in [1.54, 1.807) is 0 Å². The van der Waals surface area contributed by atoms with E-state index in [0.717, 1.165) is 66.3 Å². The van der Waals surface area contributed by atoms with Crippen molar-refractivity contribution in [2.75, 3.05) is 39.0 Å². The molecule has 0 radical (unpaired) electrons. The summed E-state index contributed by atoms with van der Waals surface area (Å²) in [5.41, 5.74) is 5.68. The van der Waals surface area contributed by atoms with E-state index in [1.807, 2.05) is 27.7 Å². The van der Waals surface area contributed by atoms with Gasteiger partial charge in [0.15, 0.2) is 5.69 Å². The molecule has 0 amide bonds. The highest BCUT2D eigenvalue weighted by molar-refractivity contribution is 6.05. The van der Waals surface area contributed by atoms with Crippen molar-refractivity contribution in [3.8, 4) is 11.3 Å². The number of rotatable bonds is 0. The molecule has 0 spiro atoms. The van der Waals surface area contributed by atoms with Crippen LogP contribution in [0.1, 0.15) is 54.4 Å². The summed E-state index contributed by atoms with van der Waals surface area (Å²) in [6, 6.07) is 13.3. The predicted octanol–water partition coefficient (Wildman–Crippen LogP) is 6.00. The van der Waals surface area contributed by atoms with E-state index in [2.05, 4.69) is 79.5 Å². The molecule has 7 nitrogen and oxygen atoms in total. The zero-order valence-electron chi connectivity index (χ0n) is 24.1. The first-order chi connectivity index (χ1) is 17.9. The summed E-state index contributed by atoms with van der Waals surface area (Å²) in [6.07, 6.45) is 2.84. The van der Waals surface area contributed by atoms with E-state index in [-0.39, 0.29) is 0 Å². The van der Waals surface area contributed by atoms with Crippen LogP contribution in [0, 0.1) is 0 Å². The van der Waals surface area contributed by atoms with Gasteiger partial charge < -0.3 is 20.3 Å². The molecule has 3 aliphatic heterocycles. The van der Waals surface area contributed by atoms with Crippen molar-refractivity contribution in [1.82, 2.24) is 19.7 Å². The van der Waals surface area contributed by atoms with Gasteiger partial charge in [-0.15, -0.1) is 0 Å². The number of aromatic nitrogens is 1. The van der Waals surface area contributed by atoms with Crippen molar-refractivity contribution in [3.63, 3.8) is 0 Å². The number of nitrogens with one attached hydrogen (secondary N) is 2. The number of aldehydes is 1. The summed E-state index contributed by atoms with van der Waals surface area (Å²) in [5, 5.41) is 7.27. The Balaban J connectivity index is 0.000000630. The number of carbonyl (C=O) groups excluding carboxylic acids is 1. The molecule has 4 bridgehead atoms. The molecule has 3 atom stereocenters. The molecule has 202 valence electrons. The molecule has 0 aliphatic carbocycles. The maximum Gasteiger partial charge on any atom is 0.205 e. The number of fused-ring (bicyclic) bond motifs is 5. The highest BCUT2D eigenvalue weighted by atomic mass is 16.1. The predicted molar refractivity (Wildman–Crippen MR) is 160 cm³/mol. The van der Waals surface area contributed by atoms with Gasteiger partial charge in [0.1, 0.15) is 17.8 Å². The SMILES string of the molecule is C=C1C2CC(CN2)Nc2cccc(n2)-c2cccc3c2[N+](C)(CCCN1C)C(C)=N3.CC.CC.CC=O. The van der Waals surface area contributed by atoms with Gasteiger partial charge in [0.05, 0.1) is 24.8 Å². The van der Waals surface area contributed by atoms with E-state index in [9.17, 15) is 0 Å². The van der Waals surface area contributed by atoms with Gasteiger partial charge in [-0.3, -0.25) is 0 Å². The molecule has 2 N–H and O–H groups in total. The zero-order chi connectivity index (χ0) is 27.6. The molecular formula is C30H47N6O+. The lowest BCUT2D eigenvalue weighted by atomic mass is 10.0. The first-order valence-corrected chi connectivity index (χ1v) is 13.7. The van der Waals surface area contributed by atoms with Gasteiger partial charge in [0.25, 0.3) is 0 Å². The summed E-state index contributed by atoms with van der Waals surface area (Å²) in [6.45, 7) is 18.9. The van der Waals surface area contributed by atoms with Crippen molar-refractivity contribution in [2.45, 2.75) is 66.5 Å². The zero-order valence-corrected chi connectivity index (χ0v) is 24.1. The Morgan fingerprint density at radius 3 is 2.51 bits per heavy atom. The summed E-state index contributed by atoms with van der Waals surface area (Å²) < 4.78 is 0.732. The standard InChI is InChI=1S/C24H31N6.C2H4O.2C2H6/c1-16-22-14-18(15-25-22)27-23-11-6-9-20(28-23)19-8-5-10-21-24(19)30(4,17(2)26-21)13-7-12-29(16)3;1-2-3;2*1-2/h5-6,8-11,18,22,25H,1,7,12-15H2,2-4H3,(H,27,28);2H,1H3;2*1-2H3/q+1;;;. The number of benzene rings is 1. The number of pyridine rings is 1. The third-order valence-corrected chi connectivity index (χ3v) is 7.00. The van der Waals surface area contributed by atoms with Crippen LogP contribution >= 0.6 is 0 Å². The number of likely N-dealkylation sites (N-methyl/N-ethyl adjacent to an activating group) is 1. The number of hydrogen-bond donors (Lipinski definition) is 2. The molecule has 1 aromatic heterocycles. The lowest BCUT2D eigenvalue weighted by Crippen LogP contribution is -2.49. The minimum Gasteiger partial charge on any atom is -0.377 e. The quantitative estimate of drug-likeness (QED) is 0.338. The normalized spacial score (nSPS) is 23.6. The molecule has 5 rings (SSSR count). The number of hydrogen-bond acceptors (Lipinski definition) is 6. The fourth-order valence-electron chi connectivity index (χ4n) is 5.07. The Kier molecular flexibility index (Phi) is 11.5. The fraction of sp³-hybridized carbons (Fsp3) is 0.500.